The van der Waals surface area contributed by atoms with Gasteiger partial charge in [-0.15, -0.1) is 0 Å². The second-order valence-corrected chi connectivity index (χ2v) is 10.2. The normalized spacial score (nSPS) is 26.1. The molecule has 2 aromatic rings. The molecule has 5 rings (SSSR count). The predicted molar refractivity (Wildman–Crippen MR) is 128 cm³/mol. The van der Waals surface area contributed by atoms with Crippen LogP contribution in [0.4, 0.5) is 13.6 Å². The number of benzene rings is 2. The third-order valence-corrected chi connectivity index (χ3v) is 7.86. The Hall–Kier alpha value is -2.84. The number of halogens is 2. The molecule has 8 heteroatoms. The summed E-state index contributed by atoms with van der Waals surface area (Å²) >= 11 is 0. The molecule has 1 aliphatic carbocycles. The number of nitrogens with zero attached hydrogens (tertiary/aromatic N) is 3. The molecule has 3 aliphatic rings. The summed E-state index contributed by atoms with van der Waals surface area (Å²) in [6.45, 7) is 5.24. The summed E-state index contributed by atoms with van der Waals surface area (Å²) in [6.07, 6.45) is 3.32. The first-order valence-electron chi connectivity index (χ1n) is 12.5. The molecule has 3 amide bonds. The average Bonchev–Trinajstić information content (AvgIpc) is 3.08. The largest absolute Gasteiger partial charge is 0.326 e. The maximum Gasteiger partial charge on any atom is 0.326 e. The van der Waals surface area contributed by atoms with E-state index in [1.54, 1.807) is 24.3 Å². The first kappa shape index (κ1) is 23.9. The molecule has 1 saturated carbocycles. The maximum atomic E-state index is 13.6. The van der Waals surface area contributed by atoms with Crippen molar-refractivity contribution in [3.05, 3.63) is 71.3 Å². The zero-order chi connectivity index (χ0) is 24.6. The van der Waals surface area contributed by atoms with Gasteiger partial charge in [-0.2, -0.15) is 0 Å². The lowest BCUT2D eigenvalue weighted by Gasteiger charge is -2.40. The van der Waals surface area contributed by atoms with Crippen LogP contribution in [0, 0.1) is 17.6 Å². The van der Waals surface area contributed by atoms with E-state index in [0.717, 1.165) is 24.0 Å². The average molecular weight is 483 g/mol. The van der Waals surface area contributed by atoms with Crippen molar-refractivity contribution in [1.82, 2.24) is 20.0 Å². The Kier molecular flexibility index (Phi) is 6.59. The number of imide groups is 1. The molecule has 3 fully saturated rings. The summed E-state index contributed by atoms with van der Waals surface area (Å²) in [5.74, 6) is -0.0969. The molecule has 1 N–H and O–H groups in total. The predicted octanol–water partition coefficient (Wildman–Crippen LogP) is 4.13. The Bertz CT molecular complexity index is 1010. The molecule has 1 spiro atoms. The van der Waals surface area contributed by atoms with E-state index in [0.29, 0.717) is 44.9 Å². The van der Waals surface area contributed by atoms with E-state index in [4.69, 9.17) is 0 Å². The number of hydrogen-bond donors (Lipinski definition) is 1. The van der Waals surface area contributed by atoms with E-state index in [1.807, 2.05) is 0 Å². The number of piperazine rings is 1. The zero-order valence-electron chi connectivity index (χ0n) is 20.1. The molecule has 0 atom stereocenters. The molecule has 35 heavy (non-hydrogen) atoms. The lowest BCUT2D eigenvalue weighted by Crippen LogP contribution is -2.53. The molecule has 6 nitrogen and oxygen atoms in total. The highest BCUT2D eigenvalue weighted by molar-refractivity contribution is 6.07. The highest BCUT2D eigenvalue weighted by Crippen LogP contribution is 2.36. The van der Waals surface area contributed by atoms with E-state index in [9.17, 15) is 18.4 Å². The maximum absolute atomic E-state index is 13.6. The lowest BCUT2D eigenvalue weighted by molar-refractivity contribution is -0.134. The van der Waals surface area contributed by atoms with Crippen molar-refractivity contribution in [2.24, 2.45) is 5.92 Å². The summed E-state index contributed by atoms with van der Waals surface area (Å²) in [5, 5.41) is 3.00. The van der Waals surface area contributed by atoms with Crippen LogP contribution in [-0.2, 0) is 4.79 Å². The monoisotopic (exact) mass is 482 g/mol. The van der Waals surface area contributed by atoms with Crippen molar-refractivity contribution in [3.8, 4) is 0 Å². The van der Waals surface area contributed by atoms with Crippen LogP contribution in [0.3, 0.4) is 0 Å². The standard InChI is InChI=1S/C27H32F2N4O2/c1-19-10-12-27(13-11-19)25(34)33(26(35)30-27)18-31-14-16-32(17-15-31)24(20-2-6-22(28)7-3-20)21-4-8-23(29)9-5-21/h2-9,19,24H,10-18H2,1H3,(H,30,35). The summed E-state index contributed by atoms with van der Waals surface area (Å²) in [4.78, 5) is 31.7. The van der Waals surface area contributed by atoms with Crippen LogP contribution in [0.25, 0.3) is 0 Å². The molecule has 2 aliphatic heterocycles. The number of hydrogen-bond acceptors (Lipinski definition) is 4. The van der Waals surface area contributed by atoms with Crippen LogP contribution < -0.4 is 5.32 Å². The van der Waals surface area contributed by atoms with Crippen molar-refractivity contribution in [2.75, 3.05) is 32.8 Å². The Balaban J connectivity index is 1.26. The van der Waals surface area contributed by atoms with Crippen molar-refractivity contribution >= 4 is 11.9 Å². The molecule has 0 radical (unpaired) electrons. The zero-order valence-corrected chi connectivity index (χ0v) is 20.1. The van der Waals surface area contributed by atoms with Gasteiger partial charge in [-0.05, 0) is 67.0 Å². The number of nitrogens with one attached hydrogen (secondary N) is 1. The highest BCUT2D eigenvalue weighted by Gasteiger charge is 2.52. The highest BCUT2D eigenvalue weighted by atomic mass is 19.1. The lowest BCUT2D eigenvalue weighted by atomic mass is 9.77. The van der Waals surface area contributed by atoms with E-state index >= 15 is 0 Å². The number of carbonyl (C=O) groups is 2. The van der Waals surface area contributed by atoms with Gasteiger partial charge in [-0.25, -0.2) is 18.5 Å². The van der Waals surface area contributed by atoms with Crippen LogP contribution in [0.15, 0.2) is 48.5 Å². The van der Waals surface area contributed by atoms with Crippen molar-refractivity contribution in [3.63, 3.8) is 0 Å². The van der Waals surface area contributed by atoms with Gasteiger partial charge in [-0.1, -0.05) is 31.2 Å². The van der Waals surface area contributed by atoms with Crippen LogP contribution >= 0.6 is 0 Å². The van der Waals surface area contributed by atoms with Gasteiger partial charge >= 0.3 is 6.03 Å². The minimum atomic E-state index is -0.721. The van der Waals surface area contributed by atoms with Crippen molar-refractivity contribution in [2.45, 2.75) is 44.2 Å². The summed E-state index contributed by atoms with van der Waals surface area (Å²) < 4.78 is 27.1. The molecule has 2 aromatic carbocycles. The molecule has 0 bridgehead atoms. The Morgan fingerprint density at radius 1 is 0.886 bits per heavy atom. The van der Waals surface area contributed by atoms with Gasteiger partial charge in [0.2, 0.25) is 0 Å². The topological polar surface area (TPSA) is 55.9 Å². The minimum Gasteiger partial charge on any atom is -0.323 e. The minimum absolute atomic E-state index is 0.0904. The van der Waals surface area contributed by atoms with Crippen LogP contribution in [0.2, 0.25) is 0 Å². The fraction of sp³-hybridized carbons (Fsp3) is 0.481. The van der Waals surface area contributed by atoms with Crippen molar-refractivity contribution < 1.29 is 18.4 Å². The van der Waals surface area contributed by atoms with Gasteiger partial charge in [0.1, 0.15) is 17.2 Å². The Morgan fingerprint density at radius 3 is 1.91 bits per heavy atom. The fourth-order valence-electron chi connectivity index (χ4n) is 5.67. The first-order valence-corrected chi connectivity index (χ1v) is 12.5. The Morgan fingerprint density at radius 2 is 1.40 bits per heavy atom. The number of urea groups is 1. The van der Waals surface area contributed by atoms with Gasteiger partial charge in [0.15, 0.2) is 0 Å². The number of carbonyl (C=O) groups excluding carboxylic acids is 2. The van der Waals surface area contributed by atoms with E-state index < -0.39 is 5.54 Å². The third-order valence-electron chi connectivity index (χ3n) is 7.86. The van der Waals surface area contributed by atoms with Crippen LogP contribution in [-0.4, -0.2) is 65.0 Å². The fourth-order valence-corrected chi connectivity index (χ4v) is 5.67. The molecule has 186 valence electrons. The number of rotatable bonds is 5. The summed E-state index contributed by atoms with van der Waals surface area (Å²) in [6, 6.07) is 12.4. The summed E-state index contributed by atoms with van der Waals surface area (Å²) in [5.41, 5.74) is 1.16. The molecular weight excluding hydrogens is 450 g/mol. The second-order valence-electron chi connectivity index (χ2n) is 10.2. The molecule has 0 aromatic heterocycles. The smallest absolute Gasteiger partial charge is 0.323 e. The van der Waals surface area contributed by atoms with Gasteiger partial charge in [0, 0.05) is 26.2 Å². The quantitative estimate of drug-likeness (QED) is 0.652. The van der Waals surface area contributed by atoms with E-state index in [1.165, 1.54) is 29.2 Å². The van der Waals surface area contributed by atoms with E-state index in [2.05, 4.69) is 22.0 Å². The second kappa shape index (κ2) is 9.66. The SMILES string of the molecule is CC1CCC2(CC1)NC(=O)N(CN1CCN(C(c3ccc(F)cc3)c3ccc(F)cc3)CC1)C2=O. The van der Waals surface area contributed by atoms with Gasteiger partial charge in [0.05, 0.1) is 12.7 Å². The molecule has 2 saturated heterocycles. The van der Waals surface area contributed by atoms with Crippen LogP contribution in [0.1, 0.15) is 49.8 Å². The van der Waals surface area contributed by atoms with Crippen molar-refractivity contribution in [1.29, 1.82) is 0 Å². The summed E-state index contributed by atoms with van der Waals surface area (Å²) in [7, 11) is 0. The first-order chi connectivity index (χ1) is 16.8. The molecule has 2 heterocycles. The van der Waals surface area contributed by atoms with E-state index in [-0.39, 0.29) is 36.3 Å². The van der Waals surface area contributed by atoms with Gasteiger partial charge in [-0.3, -0.25) is 14.6 Å². The molecular formula is C27H32F2N4O2. The van der Waals surface area contributed by atoms with Gasteiger partial charge in [0.25, 0.3) is 5.91 Å². The molecule has 0 unspecified atom stereocenters. The van der Waals surface area contributed by atoms with Gasteiger partial charge < -0.3 is 5.32 Å². The number of amides is 3. The Labute approximate surface area is 204 Å². The van der Waals surface area contributed by atoms with Crippen LogP contribution in [0.5, 0.6) is 0 Å². The third kappa shape index (κ3) is 4.82.